The molecule has 2 aromatic carbocycles. The molecule has 0 aliphatic rings. The van der Waals surface area contributed by atoms with Gasteiger partial charge >= 0.3 is 0 Å². The van der Waals surface area contributed by atoms with Crippen LogP contribution in [0.3, 0.4) is 0 Å². The predicted octanol–water partition coefficient (Wildman–Crippen LogP) is 4.63. The number of thiophene rings is 1. The van der Waals surface area contributed by atoms with Crippen LogP contribution in [0.2, 0.25) is 5.02 Å². The summed E-state index contributed by atoms with van der Waals surface area (Å²) in [5, 5.41) is 16.0. The normalized spacial score (nSPS) is 11.0. The van der Waals surface area contributed by atoms with Crippen LogP contribution in [-0.2, 0) is 0 Å². The van der Waals surface area contributed by atoms with E-state index in [0.29, 0.717) is 33.2 Å². The van der Waals surface area contributed by atoms with Crippen LogP contribution in [0, 0.1) is 10.1 Å². The van der Waals surface area contributed by atoms with Crippen LogP contribution >= 0.6 is 22.9 Å². The van der Waals surface area contributed by atoms with E-state index in [2.05, 4.69) is 10.5 Å². The number of nitro benzene ring substituents is 1. The highest BCUT2D eigenvalue weighted by Crippen LogP contribution is 2.29. The maximum atomic E-state index is 12.3. The van der Waals surface area contributed by atoms with Crippen molar-refractivity contribution in [2.24, 2.45) is 5.10 Å². The molecule has 0 saturated heterocycles. The molecule has 138 valence electrons. The zero-order valence-electron chi connectivity index (χ0n) is 14.1. The minimum absolute atomic E-state index is 0.0188. The number of rotatable bonds is 6. The number of nitrogens with zero attached hydrogens (tertiary/aromatic N) is 2. The molecule has 0 unspecified atom stereocenters. The van der Waals surface area contributed by atoms with Crippen molar-refractivity contribution in [2.45, 2.75) is 6.92 Å². The Morgan fingerprint density at radius 3 is 2.89 bits per heavy atom. The minimum Gasteiger partial charge on any atom is -0.493 e. The summed E-state index contributed by atoms with van der Waals surface area (Å²) < 4.78 is 6.27. The third-order valence-corrected chi connectivity index (χ3v) is 4.93. The van der Waals surface area contributed by atoms with E-state index in [9.17, 15) is 14.9 Å². The van der Waals surface area contributed by atoms with Gasteiger partial charge in [0.05, 0.1) is 22.6 Å². The molecule has 27 heavy (non-hydrogen) atoms. The number of hydrazone groups is 1. The fraction of sp³-hybridized carbons (Fsp3) is 0.111. The van der Waals surface area contributed by atoms with Gasteiger partial charge in [-0.1, -0.05) is 11.6 Å². The van der Waals surface area contributed by atoms with Crippen LogP contribution in [0.5, 0.6) is 5.75 Å². The lowest BCUT2D eigenvalue weighted by Crippen LogP contribution is -2.16. The van der Waals surface area contributed by atoms with Gasteiger partial charge < -0.3 is 4.74 Å². The van der Waals surface area contributed by atoms with Crippen LogP contribution in [0.4, 0.5) is 5.69 Å². The van der Waals surface area contributed by atoms with Gasteiger partial charge in [-0.2, -0.15) is 5.10 Å². The molecule has 0 atom stereocenters. The van der Waals surface area contributed by atoms with Crippen molar-refractivity contribution in [1.82, 2.24) is 5.43 Å². The Labute approximate surface area is 163 Å². The van der Waals surface area contributed by atoms with Crippen molar-refractivity contribution >= 4 is 50.8 Å². The van der Waals surface area contributed by atoms with Gasteiger partial charge in [0, 0.05) is 32.8 Å². The number of ether oxygens (including phenoxy) is 1. The van der Waals surface area contributed by atoms with E-state index < -0.39 is 10.8 Å². The first kappa shape index (κ1) is 18.8. The second kappa shape index (κ2) is 8.15. The van der Waals surface area contributed by atoms with Crippen LogP contribution in [0.1, 0.15) is 22.2 Å². The molecule has 1 amide bonds. The Hall–Kier alpha value is -2.97. The summed E-state index contributed by atoms with van der Waals surface area (Å²) in [6, 6.07) is 11.2. The van der Waals surface area contributed by atoms with E-state index >= 15 is 0 Å². The number of fused-ring (bicyclic) bond motifs is 1. The molecular formula is C18H14ClN3O4S. The standard InChI is InChI=1S/C18H14ClN3O4S/c1-2-26-15-5-3-13(19)7-12(15)10-20-21-18(23)17-9-11-8-14(22(24)25)4-6-16(11)27-17/h3-10H,2H2,1H3,(H,21,23)/b20-10+. The number of carbonyl (C=O) groups is 1. The first-order chi connectivity index (χ1) is 13.0. The molecule has 3 rings (SSSR count). The van der Waals surface area contributed by atoms with Crippen molar-refractivity contribution in [1.29, 1.82) is 0 Å². The minimum atomic E-state index is -0.470. The molecule has 1 aromatic heterocycles. The molecular weight excluding hydrogens is 390 g/mol. The topological polar surface area (TPSA) is 93.8 Å². The van der Waals surface area contributed by atoms with E-state index in [1.54, 1.807) is 30.3 Å². The second-order valence-electron chi connectivity index (χ2n) is 5.40. The van der Waals surface area contributed by atoms with Crippen molar-refractivity contribution in [3.63, 3.8) is 0 Å². The van der Waals surface area contributed by atoms with Gasteiger partial charge in [-0.15, -0.1) is 11.3 Å². The SMILES string of the molecule is CCOc1ccc(Cl)cc1/C=N/NC(=O)c1cc2cc([N+](=O)[O-])ccc2s1. The van der Waals surface area contributed by atoms with E-state index in [4.69, 9.17) is 16.3 Å². The highest BCUT2D eigenvalue weighted by atomic mass is 35.5. The smallest absolute Gasteiger partial charge is 0.281 e. The molecule has 0 fully saturated rings. The molecule has 0 aliphatic heterocycles. The van der Waals surface area contributed by atoms with Crippen LogP contribution in [-0.4, -0.2) is 23.7 Å². The average Bonchev–Trinajstić information content (AvgIpc) is 3.07. The lowest BCUT2D eigenvalue weighted by molar-refractivity contribution is -0.384. The van der Waals surface area contributed by atoms with Gasteiger partial charge in [0.25, 0.3) is 11.6 Å². The first-order valence-electron chi connectivity index (χ1n) is 7.91. The largest absolute Gasteiger partial charge is 0.493 e. The second-order valence-corrected chi connectivity index (χ2v) is 6.92. The summed E-state index contributed by atoms with van der Waals surface area (Å²) in [6.45, 7) is 2.35. The number of nitrogens with one attached hydrogen (secondary N) is 1. The third kappa shape index (κ3) is 4.42. The van der Waals surface area contributed by atoms with Crippen LogP contribution < -0.4 is 10.2 Å². The molecule has 3 aromatic rings. The Bertz CT molecular complexity index is 1050. The highest BCUT2D eigenvalue weighted by molar-refractivity contribution is 7.20. The molecule has 0 bridgehead atoms. The molecule has 0 radical (unpaired) electrons. The van der Waals surface area contributed by atoms with Gasteiger partial charge in [0.2, 0.25) is 0 Å². The Morgan fingerprint density at radius 1 is 1.33 bits per heavy atom. The maximum absolute atomic E-state index is 12.3. The lowest BCUT2D eigenvalue weighted by Gasteiger charge is -2.06. The zero-order chi connectivity index (χ0) is 19.4. The van der Waals surface area contributed by atoms with Gasteiger partial charge in [-0.05, 0) is 37.3 Å². The fourth-order valence-electron chi connectivity index (χ4n) is 2.38. The van der Waals surface area contributed by atoms with Crippen molar-refractivity contribution in [3.05, 3.63) is 68.0 Å². The molecule has 7 nitrogen and oxygen atoms in total. The summed E-state index contributed by atoms with van der Waals surface area (Å²) in [7, 11) is 0. The van der Waals surface area contributed by atoms with Gasteiger partial charge in [0.1, 0.15) is 5.75 Å². The number of halogens is 1. The number of benzene rings is 2. The number of hydrogen-bond acceptors (Lipinski definition) is 6. The van der Waals surface area contributed by atoms with Crippen LogP contribution in [0.25, 0.3) is 10.1 Å². The summed E-state index contributed by atoms with van der Waals surface area (Å²) in [4.78, 5) is 23.1. The maximum Gasteiger partial charge on any atom is 0.281 e. The number of hydrogen-bond donors (Lipinski definition) is 1. The van der Waals surface area contributed by atoms with E-state index in [1.807, 2.05) is 6.92 Å². The molecule has 9 heteroatoms. The quantitative estimate of drug-likeness (QED) is 0.369. The monoisotopic (exact) mass is 403 g/mol. The lowest BCUT2D eigenvalue weighted by atomic mass is 10.2. The summed E-state index contributed by atoms with van der Waals surface area (Å²) in [5.41, 5.74) is 3.06. The summed E-state index contributed by atoms with van der Waals surface area (Å²) >= 11 is 7.22. The molecule has 0 saturated carbocycles. The van der Waals surface area contributed by atoms with Gasteiger partial charge in [-0.25, -0.2) is 5.43 Å². The Balaban J connectivity index is 1.76. The molecule has 1 heterocycles. The predicted molar refractivity (Wildman–Crippen MR) is 106 cm³/mol. The Kier molecular flexibility index (Phi) is 5.68. The summed E-state index contributed by atoms with van der Waals surface area (Å²) in [6.07, 6.45) is 1.45. The average molecular weight is 404 g/mol. The molecule has 0 aliphatic carbocycles. The van der Waals surface area contributed by atoms with E-state index in [1.165, 1.54) is 29.7 Å². The van der Waals surface area contributed by atoms with Gasteiger partial charge in [0.15, 0.2) is 0 Å². The first-order valence-corrected chi connectivity index (χ1v) is 9.11. The van der Waals surface area contributed by atoms with Crippen molar-refractivity contribution in [3.8, 4) is 5.75 Å². The third-order valence-electron chi connectivity index (χ3n) is 3.58. The van der Waals surface area contributed by atoms with Crippen molar-refractivity contribution in [2.75, 3.05) is 6.61 Å². The van der Waals surface area contributed by atoms with Crippen molar-refractivity contribution < 1.29 is 14.5 Å². The molecule has 1 N–H and O–H groups in total. The van der Waals surface area contributed by atoms with E-state index in [-0.39, 0.29) is 5.69 Å². The number of nitro groups is 1. The number of carbonyl (C=O) groups excluding carboxylic acids is 1. The van der Waals surface area contributed by atoms with E-state index in [0.717, 1.165) is 4.70 Å². The fourth-order valence-corrected chi connectivity index (χ4v) is 3.49. The molecule has 0 spiro atoms. The Morgan fingerprint density at radius 2 is 2.15 bits per heavy atom. The summed E-state index contributed by atoms with van der Waals surface area (Å²) in [5.74, 6) is 0.198. The van der Waals surface area contributed by atoms with Crippen LogP contribution in [0.15, 0.2) is 47.6 Å². The number of amides is 1. The number of non-ortho nitro benzene ring substituents is 1. The van der Waals surface area contributed by atoms with Gasteiger partial charge in [-0.3, -0.25) is 14.9 Å². The highest BCUT2D eigenvalue weighted by Gasteiger charge is 2.13. The zero-order valence-corrected chi connectivity index (χ0v) is 15.7.